The van der Waals surface area contributed by atoms with E-state index in [-0.39, 0.29) is 6.61 Å². The fourth-order valence-corrected chi connectivity index (χ4v) is 3.30. The van der Waals surface area contributed by atoms with Gasteiger partial charge in [-0.25, -0.2) is 4.79 Å². The lowest BCUT2D eigenvalue weighted by atomic mass is 9.86. The molecule has 0 bridgehead atoms. The van der Waals surface area contributed by atoms with Crippen molar-refractivity contribution in [2.24, 2.45) is 0 Å². The molecule has 0 aliphatic rings. The first-order valence-electron chi connectivity index (χ1n) is 9.91. The number of rotatable bonds is 11. The van der Waals surface area contributed by atoms with Gasteiger partial charge < -0.3 is 19.5 Å². The Bertz CT molecular complexity index is 662. The molecule has 0 aromatic heterocycles. The van der Waals surface area contributed by atoms with Gasteiger partial charge in [0.15, 0.2) is 0 Å². The summed E-state index contributed by atoms with van der Waals surface area (Å²) in [5.41, 5.74) is 0.0317. The van der Waals surface area contributed by atoms with Crippen LogP contribution in [0.15, 0.2) is 60.7 Å². The molecule has 5 heteroatoms. The van der Waals surface area contributed by atoms with Crippen LogP contribution in [0.3, 0.4) is 0 Å². The number of ether oxygens (including phenoxy) is 2. The van der Waals surface area contributed by atoms with E-state index < -0.39 is 17.7 Å². The molecular formula is C23H31NO4. The number of likely N-dealkylation sites (N-methyl/N-ethyl adjacent to an activating group) is 1. The largest absolute Gasteiger partial charge is 0.460 e. The molecule has 0 heterocycles. The Morgan fingerprint density at radius 2 is 1.46 bits per heavy atom. The second-order valence-corrected chi connectivity index (χ2v) is 6.58. The van der Waals surface area contributed by atoms with Crippen molar-refractivity contribution in [1.82, 2.24) is 4.90 Å². The fraction of sp³-hybridized carbons (Fsp3) is 0.435. The Morgan fingerprint density at radius 1 is 0.964 bits per heavy atom. The van der Waals surface area contributed by atoms with Gasteiger partial charge in [0.25, 0.3) is 0 Å². The summed E-state index contributed by atoms with van der Waals surface area (Å²) in [6, 6.07) is 18.7. The summed E-state index contributed by atoms with van der Waals surface area (Å²) in [5.74, 6) is -0.523. The summed E-state index contributed by atoms with van der Waals surface area (Å²) in [6.07, 6.45) is -0.755. The van der Waals surface area contributed by atoms with Crippen LogP contribution in [-0.4, -0.2) is 54.9 Å². The average molecular weight is 386 g/mol. The monoisotopic (exact) mass is 385 g/mol. The first-order chi connectivity index (χ1) is 13.6. The van der Waals surface area contributed by atoms with Gasteiger partial charge >= 0.3 is 5.97 Å². The molecule has 5 nitrogen and oxygen atoms in total. The van der Waals surface area contributed by atoms with Gasteiger partial charge in [0.05, 0.1) is 0 Å². The van der Waals surface area contributed by atoms with E-state index in [1.807, 2.05) is 81.4 Å². The van der Waals surface area contributed by atoms with Gasteiger partial charge in [-0.15, -0.1) is 0 Å². The van der Waals surface area contributed by atoms with Gasteiger partial charge in [-0.2, -0.15) is 0 Å². The van der Waals surface area contributed by atoms with E-state index in [4.69, 9.17) is 9.47 Å². The predicted octanol–water partition coefficient (Wildman–Crippen LogP) is 3.21. The Kier molecular flexibility index (Phi) is 8.64. The standard InChI is InChI=1S/C23H31NO4/c1-4-24(5-2)17-21(25)18-27-22(26)23(28-6-3,19-13-9-7-10-14-19)20-15-11-8-12-16-20/h7-16,21,25H,4-6,17-18H2,1-3H3/t21-/m0/s1. The van der Waals surface area contributed by atoms with Crippen molar-refractivity contribution in [3.05, 3.63) is 71.8 Å². The molecule has 0 unspecified atom stereocenters. The first-order valence-corrected chi connectivity index (χ1v) is 9.91. The molecule has 152 valence electrons. The maximum absolute atomic E-state index is 13.3. The van der Waals surface area contributed by atoms with Crippen LogP contribution in [0.1, 0.15) is 31.9 Å². The van der Waals surface area contributed by atoms with E-state index in [0.29, 0.717) is 24.3 Å². The molecular weight excluding hydrogens is 354 g/mol. The minimum absolute atomic E-state index is 0.0795. The van der Waals surface area contributed by atoms with Gasteiger partial charge in [0.1, 0.15) is 12.7 Å². The van der Waals surface area contributed by atoms with Crippen molar-refractivity contribution in [3.8, 4) is 0 Å². The highest BCUT2D eigenvalue weighted by Crippen LogP contribution is 2.35. The third kappa shape index (κ3) is 5.19. The molecule has 0 spiro atoms. The molecule has 1 N–H and O–H groups in total. The van der Waals surface area contributed by atoms with Gasteiger partial charge in [-0.05, 0) is 31.1 Å². The molecule has 2 aromatic carbocycles. The van der Waals surface area contributed by atoms with Crippen LogP contribution in [0.2, 0.25) is 0 Å². The minimum Gasteiger partial charge on any atom is -0.460 e. The summed E-state index contributed by atoms with van der Waals surface area (Å²) < 4.78 is 11.6. The molecule has 1 atom stereocenters. The van der Waals surface area contributed by atoms with Crippen molar-refractivity contribution in [3.63, 3.8) is 0 Å². The van der Waals surface area contributed by atoms with E-state index in [2.05, 4.69) is 4.90 Å². The van der Waals surface area contributed by atoms with Crippen LogP contribution in [-0.2, 0) is 19.9 Å². The first kappa shape index (κ1) is 22.1. The second kappa shape index (κ2) is 11.0. The average Bonchev–Trinajstić information content (AvgIpc) is 2.75. The van der Waals surface area contributed by atoms with Gasteiger partial charge in [0.2, 0.25) is 5.60 Å². The molecule has 0 aliphatic carbocycles. The lowest BCUT2D eigenvalue weighted by molar-refractivity contribution is -0.171. The van der Waals surface area contributed by atoms with Crippen molar-refractivity contribution < 1.29 is 19.4 Å². The Balaban J connectivity index is 2.30. The highest BCUT2D eigenvalue weighted by molar-refractivity contribution is 5.85. The number of aliphatic hydroxyl groups excluding tert-OH is 1. The molecule has 0 radical (unpaired) electrons. The molecule has 0 amide bonds. The number of esters is 1. The zero-order valence-electron chi connectivity index (χ0n) is 17.0. The zero-order valence-corrected chi connectivity index (χ0v) is 17.0. The van der Waals surface area contributed by atoms with E-state index in [1.54, 1.807) is 0 Å². The van der Waals surface area contributed by atoms with Crippen LogP contribution >= 0.6 is 0 Å². The summed E-state index contributed by atoms with van der Waals surface area (Å²) in [7, 11) is 0. The molecule has 0 saturated carbocycles. The second-order valence-electron chi connectivity index (χ2n) is 6.58. The Hall–Kier alpha value is -2.21. The quantitative estimate of drug-likeness (QED) is 0.602. The molecule has 0 aliphatic heterocycles. The SMILES string of the molecule is CCOC(C(=O)OC[C@@H](O)CN(CC)CC)(c1ccccc1)c1ccccc1. The van der Waals surface area contributed by atoms with Crippen molar-refractivity contribution >= 4 is 5.97 Å². The van der Waals surface area contributed by atoms with Gasteiger partial charge in [-0.1, -0.05) is 74.5 Å². The fourth-order valence-electron chi connectivity index (χ4n) is 3.30. The minimum atomic E-state index is -1.37. The van der Waals surface area contributed by atoms with Crippen LogP contribution in [0.5, 0.6) is 0 Å². The van der Waals surface area contributed by atoms with Crippen molar-refractivity contribution in [2.75, 3.05) is 32.8 Å². The summed E-state index contributed by atoms with van der Waals surface area (Å²) in [4.78, 5) is 15.4. The molecule has 0 fully saturated rings. The maximum Gasteiger partial charge on any atom is 0.347 e. The lowest BCUT2D eigenvalue weighted by Gasteiger charge is -2.33. The Labute approximate surface area is 167 Å². The number of carbonyl (C=O) groups is 1. The molecule has 2 aromatic rings. The molecule has 2 rings (SSSR count). The highest BCUT2D eigenvalue weighted by Gasteiger charge is 2.45. The summed E-state index contributed by atoms with van der Waals surface area (Å²) in [6.45, 7) is 8.30. The van der Waals surface area contributed by atoms with Crippen LogP contribution in [0, 0.1) is 0 Å². The van der Waals surface area contributed by atoms with Gasteiger partial charge in [0, 0.05) is 13.2 Å². The number of carbonyl (C=O) groups excluding carboxylic acids is 1. The third-order valence-corrected chi connectivity index (χ3v) is 4.78. The smallest absolute Gasteiger partial charge is 0.347 e. The van der Waals surface area contributed by atoms with E-state index in [0.717, 1.165) is 13.1 Å². The Morgan fingerprint density at radius 3 is 1.89 bits per heavy atom. The van der Waals surface area contributed by atoms with Gasteiger partial charge in [-0.3, -0.25) is 0 Å². The highest BCUT2D eigenvalue weighted by atomic mass is 16.6. The summed E-state index contributed by atoms with van der Waals surface area (Å²) >= 11 is 0. The number of hydrogen-bond acceptors (Lipinski definition) is 5. The summed E-state index contributed by atoms with van der Waals surface area (Å²) in [5, 5.41) is 10.3. The molecule has 0 saturated heterocycles. The number of aliphatic hydroxyl groups is 1. The predicted molar refractivity (Wildman–Crippen MR) is 110 cm³/mol. The van der Waals surface area contributed by atoms with Crippen LogP contribution in [0.25, 0.3) is 0 Å². The maximum atomic E-state index is 13.3. The van der Waals surface area contributed by atoms with E-state index >= 15 is 0 Å². The van der Waals surface area contributed by atoms with Crippen molar-refractivity contribution in [2.45, 2.75) is 32.5 Å². The normalized spacial score (nSPS) is 12.8. The van der Waals surface area contributed by atoms with Crippen LogP contribution in [0.4, 0.5) is 0 Å². The number of nitrogens with zero attached hydrogens (tertiary/aromatic N) is 1. The zero-order chi connectivity index (χ0) is 20.4. The third-order valence-electron chi connectivity index (χ3n) is 4.78. The van der Waals surface area contributed by atoms with E-state index in [1.165, 1.54) is 0 Å². The lowest BCUT2D eigenvalue weighted by Crippen LogP contribution is -2.43. The topological polar surface area (TPSA) is 59.0 Å². The van der Waals surface area contributed by atoms with Crippen molar-refractivity contribution in [1.29, 1.82) is 0 Å². The number of hydrogen-bond donors (Lipinski definition) is 1. The van der Waals surface area contributed by atoms with E-state index in [9.17, 15) is 9.90 Å². The van der Waals surface area contributed by atoms with Crippen LogP contribution < -0.4 is 0 Å². The molecule has 28 heavy (non-hydrogen) atoms. The number of benzene rings is 2.